The second-order valence-corrected chi connectivity index (χ2v) is 12.0. The maximum Gasteiger partial charge on any atom is 0.333 e. The molecule has 0 spiro atoms. The zero-order chi connectivity index (χ0) is 25.3. The number of rotatable bonds is 6. The normalized spacial score (nSPS) is 11.7. The number of sulfonamides is 2. The Morgan fingerprint density at radius 1 is 0.765 bits per heavy atom. The van der Waals surface area contributed by atoms with Crippen LogP contribution in [0.4, 0.5) is 16.2 Å². The first-order chi connectivity index (χ1) is 15.8. The van der Waals surface area contributed by atoms with Crippen LogP contribution in [0.25, 0.3) is 0 Å². The van der Waals surface area contributed by atoms with Gasteiger partial charge in [-0.2, -0.15) is 0 Å². The summed E-state index contributed by atoms with van der Waals surface area (Å²) in [6.07, 6.45) is 0. The minimum atomic E-state index is -4.25. The van der Waals surface area contributed by atoms with E-state index < -0.39 is 26.1 Å². The fourth-order valence-corrected chi connectivity index (χ4v) is 5.57. The van der Waals surface area contributed by atoms with Gasteiger partial charge >= 0.3 is 6.03 Å². The van der Waals surface area contributed by atoms with Gasteiger partial charge < -0.3 is 5.32 Å². The molecule has 2 N–H and O–H groups in total. The van der Waals surface area contributed by atoms with E-state index in [0.29, 0.717) is 0 Å². The van der Waals surface area contributed by atoms with Crippen LogP contribution in [-0.4, -0.2) is 29.9 Å². The first-order valence-corrected chi connectivity index (χ1v) is 13.6. The molecule has 2 amide bonds. The van der Waals surface area contributed by atoms with Crippen molar-refractivity contribution in [1.29, 1.82) is 0 Å². The fourth-order valence-electron chi connectivity index (χ4n) is 2.70. The van der Waals surface area contributed by atoms with E-state index in [0.717, 1.165) is 10.4 Å². The van der Waals surface area contributed by atoms with Gasteiger partial charge in [-0.1, -0.05) is 52.5 Å². The van der Waals surface area contributed by atoms with Crippen molar-refractivity contribution in [3.8, 4) is 0 Å². The Labute approximate surface area is 216 Å². The molecule has 0 fully saturated rings. The predicted molar refractivity (Wildman–Crippen MR) is 134 cm³/mol. The summed E-state index contributed by atoms with van der Waals surface area (Å²) in [7, 11) is -6.94. The summed E-state index contributed by atoms with van der Waals surface area (Å²) in [5, 5.41) is 2.79. The SMILES string of the molecule is CN(c1cccc(NC(=O)NS(=O)(=O)c2ccc(Cl)c(Cl)c2)c1)S(=O)(=O)c1ccc(Cl)c(Cl)c1. The van der Waals surface area contributed by atoms with Crippen molar-refractivity contribution < 1.29 is 21.6 Å². The molecule has 0 aliphatic heterocycles. The molecule has 3 aromatic carbocycles. The molecule has 0 bridgehead atoms. The van der Waals surface area contributed by atoms with Gasteiger partial charge in [-0.15, -0.1) is 0 Å². The van der Waals surface area contributed by atoms with E-state index in [-0.39, 0.29) is 41.3 Å². The van der Waals surface area contributed by atoms with Gasteiger partial charge in [0, 0.05) is 12.7 Å². The largest absolute Gasteiger partial charge is 0.333 e. The average molecular weight is 583 g/mol. The number of hydrogen-bond acceptors (Lipinski definition) is 5. The molecule has 0 aliphatic carbocycles. The Balaban J connectivity index is 1.79. The van der Waals surface area contributed by atoms with Crippen molar-refractivity contribution in [2.75, 3.05) is 16.7 Å². The van der Waals surface area contributed by atoms with Crippen molar-refractivity contribution in [3.05, 3.63) is 80.8 Å². The van der Waals surface area contributed by atoms with Crippen molar-refractivity contribution in [2.45, 2.75) is 9.79 Å². The van der Waals surface area contributed by atoms with Crippen LogP contribution in [0.5, 0.6) is 0 Å². The number of nitrogens with one attached hydrogen (secondary N) is 2. The Morgan fingerprint density at radius 2 is 1.32 bits per heavy atom. The maximum absolute atomic E-state index is 13.0. The molecule has 0 heterocycles. The lowest BCUT2D eigenvalue weighted by molar-refractivity contribution is 0.256. The second kappa shape index (κ2) is 10.2. The Hall–Kier alpha value is -2.21. The summed E-state index contributed by atoms with van der Waals surface area (Å²) in [6.45, 7) is 0. The number of urea groups is 1. The van der Waals surface area contributed by atoms with Gasteiger partial charge in [-0.25, -0.2) is 26.4 Å². The zero-order valence-electron chi connectivity index (χ0n) is 17.1. The van der Waals surface area contributed by atoms with Crippen molar-refractivity contribution in [1.82, 2.24) is 4.72 Å². The molecule has 0 saturated heterocycles. The van der Waals surface area contributed by atoms with E-state index in [1.165, 1.54) is 61.6 Å². The number of halogens is 4. The number of benzene rings is 3. The van der Waals surface area contributed by atoms with Crippen molar-refractivity contribution >= 4 is 83.9 Å². The van der Waals surface area contributed by atoms with Gasteiger partial charge in [0.1, 0.15) is 0 Å². The lowest BCUT2D eigenvalue weighted by Crippen LogP contribution is -2.34. The highest BCUT2D eigenvalue weighted by atomic mass is 35.5. The molecule has 3 aromatic rings. The average Bonchev–Trinajstić information content (AvgIpc) is 2.76. The molecule has 0 unspecified atom stereocenters. The van der Waals surface area contributed by atoms with Crippen molar-refractivity contribution in [2.24, 2.45) is 0 Å². The number of nitrogens with zero attached hydrogens (tertiary/aromatic N) is 1. The maximum atomic E-state index is 13.0. The number of carbonyl (C=O) groups excluding carboxylic acids is 1. The molecule has 0 aromatic heterocycles. The third kappa shape index (κ3) is 5.88. The van der Waals surface area contributed by atoms with Crippen LogP contribution < -0.4 is 14.3 Å². The summed E-state index contributed by atoms with van der Waals surface area (Å²) in [4.78, 5) is 11.9. The summed E-state index contributed by atoms with van der Waals surface area (Å²) in [5.74, 6) is 0. The van der Waals surface area contributed by atoms with E-state index in [2.05, 4.69) is 5.32 Å². The van der Waals surface area contributed by atoms with Crippen LogP contribution in [0.15, 0.2) is 70.5 Å². The Morgan fingerprint density at radius 3 is 1.91 bits per heavy atom. The molecule has 8 nitrogen and oxygen atoms in total. The van der Waals surface area contributed by atoms with Gasteiger partial charge in [0.05, 0.1) is 35.6 Å². The zero-order valence-corrected chi connectivity index (χ0v) is 21.7. The van der Waals surface area contributed by atoms with Crippen molar-refractivity contribution in [3.63, 3.8) is 0 Å². The van der Waals surface area contributed by atoms with Crippen LogP contribution in [0.3, 0.4) is 0 Å². The molecule has 0 radical (unpaired) electrons. The molecule has 3 rings (SSSR count). The number of hydrogen-bond donors (Lipinski definition) is 2. The number of amides is 2. The Kier molecular flexibility index (Phi) is 7.91. The van der Waals surface area contributed by atoms with Gasteiger partial charge in [0.15, 0.2) is 0 Å². The molecular formula is C20H15Cl4N3O5S2. The number of anilines is 2. The topological polar surface area (TPSA) is 113 Å². The third-order valence-corrected chi connectivity index (χ3v) is 9.03. The highest BCUT2D eigenvalue weighted by molar-refractivity contribution is 7.92. The first kappa shape index (κ1) is 26.4. The molecule has 0 saturated carbocycles. The summed E-state index contributed by atoms with van der Waals surface area (Å²) < 4.78 is 53.6. The second-order valence-electron chi connectivity index (χ2n) is 6.73. The van der Waals surface area contributed by atoms with Crippen LogP contribution in [-0.2, 0) is 20.0 Å². The van der Waals surface area contributed by atoms with Crippen LogP contribution in [0.1, 0.15) is 0 Å². The summed E-state index contributed by atoms with van der Waals surface area (Å²) in [6, 6.07) is 12.2. The quantitative estimate of drug-likeness (QED) is 0.391. The van der Waals surface area contributed by atoms with Crippen LogP contribution in [0.2, 0.25) is 20.1 Å². The van der Waals surface area contributed by atoms with E-state index in [1.807, 2.05) is 4.72 Å². The third-order valence-electron chi connectivity index (χ3n) is 4.45. The lowest BCUT2D eigenvalue weighted by Gasteiger charge is -2.20. The molecule has 0 aliphatic rings. The first-order valence-electron chi connectivity index (χ1n) is 9.14. The van der Waals surface area contributed by atoms with E-state index in [9.17, 15) is 21.6 Å². The standard InChI is InChI=1S/C20H15Cl4N3O5S2/c1-27(34(31,32)15-6-8-17(22)19(24)11-15)13-4-2-3-12(9-13)25-20(28)26-33(29,30)14-5-7-16(21)18(23)10-14/h2-11H,1H3,(H2,25,26,28). The molecule has 34 heavy (non-hydrogen) atoms. The molecule has 0 atom stereocenters. The van der Waals surface area contributed by atoms with Crippen LogP contribution >= 0.6 is 46.4 Å². The van der Waals surface area contributed by atoms with E-state index >= 15 is 0 Å². The molecule has 180 valence electrons. The predicted octanol–water partition coefficient (Wildman–Crippen LogP) is 5.64. The van der Waals surface area contributed by atoms with Gasteiger partial charge in [-0.05, 0) is 54.6 Å². The summed E-state index contributed by atoms with van der Waals surface area (Å²) >= 11 is 23.4. The van der Waals surface area contributed by atoms with Gasteiger partial charge in [0.2, 0.25) is 0 Å². The lowest BCUT2D eigenvalue weighted by atomic mass is 10.3. The Bertz CT molecular complexity index is 1480. The van der Waals surface area contributed by atoms with Gasteiger partial charge in [0.25, 0.3) is 20.0 Å². The van der Waals surface area contributed by atoms with E-state index in [1.54, 1.807) is 0 Å². The van der Waals surface area contributed by atoms with E-state index in [4.69, 9.17) is 46.4 Å². The summed E-state index contributed by atoms with van der Waals surface area (Å²) in [5.41, 5.74) is 0.326. The highest BCUT2D eigenvalue weighted by Gasteiger charge is 2.23. The smallest absolute Gasteiger partial charge is 0.307 e. The number of carbonyl (C=O) groups is 1. The monoisotopic (exact) mass is 581 g/mol. The molecule has 14 heteroatoms. The molecular weight excluding hydrogens is 568 g/mol. The fraction of sp³-hybridized carbons (Fsp3) is 0.0500. The minimum absolute atomic E-state index is 0.00359. The van der Waals surface area contributed by atoms with Gasteiger partial charge in [-0.3, -0.25) is 4.31 Å². The highest BCUT2D eigenvalue weighted by Crippen LogP contribution is 2.29. The minimum Gasteiger partial charge on any atom is -0.307 e. The van der Waals surface area contributed by atoms with Crippen LogP contribution in [0, 0.1) is 0 Å².